The Balaban J connectivity index is 1.98. The van der Waals surface area contributed by atoms with Gasteiger partial charge in [0, 0.05) is 18.0 Å². The van der Waals surface area contributed by atoms with E-state index in [1.807, 2.05) is 6.92 Å². The second-order valence-electron chi connectivity index (χ2n) is 5.13. The summed E-state index contributed by atoms with van der Waals surface area (Å²) in [6.45, 7) is 6.54. The van der Waals surface area contributed by atoms with Crippen LogP contribution in [-0.4, -0.2) is 22.5 Å². The van der Waals surface area contributed by atoms with Gasteiger partial charge in [0.25, 0.3) is 0 Å². The van der Waals surface area contributed by atoms with Gasteiger partial charge in [-0.3, -0.25) is 4.90 Å². The number of aromatic nitrogens is 1. The van der Waals surface area contributed by atoms with Crippen molar-refractivity contribution in [1.29, 1.82) is 0 Å². The third-order valence-electron chi connectivity index (χ3n) is 3.51. The number of nitrogens with two attached hydrogens (primary N) is 1. The van der Waals surface area contributed by atoms with Crippen molar-refractivity contribution in [1.82, 2.24) is 9.88 Å². The maximum atomic E-state index is 5.85. The highest BCUT2D eigenvalue weighted by molar-refractivity contribution is 7.09. The molecule has 2 atom stereocenters. The molecular formula is C13H23N3S. The van der Waals surface area contributed by atoms with Crippen LogP contribution in [0.15, 0.2) is 5.38 Å². The minimum Gasteiger partial charge on any atom is -0.322 e. The van der Waals surface area contributed by atoms with Gasteiger partial charge in [-0.15, -0.1) is 11.3 Å². The van der Waals surface area contributed by atoms with E-state index in [9.17, 15) is 0 Å². The van der Waals surface area contributed by atoms with E-state index in [1.165, 1.54) is 37.9 Å². The Morgan fingerprint density at radius 2 is 2.35 bits per heavy atom. The number of hydrogen-bond acceptors (Lipinski definition) is 4. The lowest BCUT2D eigenvalue weighted by Gasteiger charge is -2.25. The predicted octanol–water partition coefficient (Wildman–Crippen LogP) is 2.93. The van der Waals surface area contributed by atoms with E-state index in [2.05, 4.69) is 22.2 Å². The molecule has 1 fully saturated rings. The Labute approximate surface area is 108 Å². The molecular weight excluding hydrogens is 230 g/mol. The molecule has 4 heteroatoms. The zero-order valence-corrected chi connectivity index (χ0v) is 11.7. The molecule has 1 aliphatic rings. The Hall–Kier alpha value is -0.450. The molecule has 1 aromatic heterocycles. The number of rotatable bonds is 3. The van der Waals surface area contributed by atoms with Crippen LogP contribution in [-0.2, 0) is 6.54 Å². The van der Waals surface area contributed by atoms with E-state index in [4.69, 9.17) is 5.73 Å². The fourth-order valence-corrected chi connectivity index (χ4v) is 3.15. The highest BCUT2D eigenvalue weighted by atomic mass is 32.1. The molecule has 0 bridgehead atoms. The van der Waals surface area contributed by atoms with Gasteiger partial charge in [-0.25, -0.2) is 4.98 Å². The highest BCUT2D eigenvalue weighted by Crippen LogP contribution is 2.21. The minimum absolute atomic E-state index is 0.0651. The van der Waals surface area contributed by atoms with Crippen molar-refractivity contribution >= 4 is 11.3 Å². The van der Waals surface area contributed by atoms with Gasteiger partial charge in [-0.05, 0) is 33.2 Å². The number of likely N-dealkylation sites (tertiary alicyclic amines) is 1. The van der Waals surface area contributed by atoms with Gasteiger partial charge in [0.15, 0.2) is 0 Å². The lowest BCUT2D eigenvalue weighted by molar-refractivity contribution is 0.203. The van der Waals surface area contributed by atoms with Gasteiger partial charge < -0.3 is 5.73 Å². The number of hydrogen-bond donors (Lipinski definition) is 1. The Morgan fingerprint density at radius 1 is 1.53 bits per heavy atom. The molecule has 1 saturated heterocycles. The molecule has 0 amide bonds. The smallest absolute Gasteiger partial charge is 0.109 e. The first-order valence-corrected chi connectivity index (χ1v) is 7.48. The lowest BCUT2D eigenvalue weighted by Crippen LogP contribution is -2.32. The van der Waals surface area contributed by atoms with Crippen LogP contribution in [0, 0.1) is 0 Å². The lowest BCUT2D eigenvalue weighted by atomic mass is 10.1. The van der Waals surface area contributed by atoms with Gasteiger partial charge in [0.2, 0.25) is 0 Å². The molecule has 1 aliphatic heterocycles. The Kier molecular flexibility index (Phi) is 4.54. The zero-order chi connectivity index (χ0) is 12.3. The largest absolute Gasteiger partial charge is 0.322 e. The van der Waals surface area contributed by atoms with Gasteiger partial charge in [-0.1, -0.05) is 12.8 Å². The maximum Gasteiger partial charge on any atom is 0.109 e. The SMILES string of the molecule is CC(N)c1nc(CN2CCCCCC2C)cs1. The van der Waals surface area contributed by atoms with E-state index in [0.717, 1.165) is 11.6 Å². The zero-order valence-electron chi connectivity index (χ0n) is 10.9. The van der Waals surface area contributed by atoms with Crippen LogP contribution in [0.2, 0.25) is 0 Å². The second kappa shape index (κ2) is 5.94. The fourth-order valence-electron chi connectivity index (χ4n) is 2.38. The normalized spacial score (nSPS) is 24.5. The van der Waals surface area contributed by atoms with Crippen molar-refractivity contribution in [2.75, 3.05) is 6.54 Å². The van der Waals surface area contributed by atoms with Gasteiger partial charge >= 0.3 is 0 Å². The number of thiazole rings is 1. The van der Waals surface area contributed by atoms with Crippen molar-refractivity contribution in [3.05, 3.63) is 16.1 Å². The Bertz CT molecular complexity index is 348. The van der Waals surface area contributed by atoms with Gasteiger partial charge in [-0.2, -0.15) is 0 Å². The third-order valence-corrected chi connectivity index (χ3v) is 4.61. The van der Waals surface area contributed by atoms with Crippen LogP contribution in [0.25, 0.3) is 0 Å². The standard InChI is InChI=1S/C13H23N3S/c1-10-6-4-3-5-7-16(10)8-12-9-17-13(15-12)11(2)14/h9-11H,3-8,14H2,1-2H3. The first-order chi connectivity index (χ1) is 8.16. The molecule has 2 rings (SSSR count). The topological polar surface area (TPSA) is 42.1 Å². The van der Waals surface area contributed by atoms with Gasteiger partial charge in [0.05, 0.1) is 11.7 Å². The van der Waals surface area contributed by atoms with E-state index in [0.29, 0.717) is 6.04 Å². The summed E-state index contributed by atoms with van der Waals surface area (Å²) in [5, 5.41) is 3.22. The molecule has 17 heavy (non-hydrogen) atoms. The summed E-state index contributed by atoms with van der Waals surface area (Å²) >= 11 is 1.69. The van der Waals surface area contributed by atoms with Crippen LogP contribution in [0.1, 0.15) is 56.3 Å². The third kappa shape index (κ3) is 3.50. The van der Waals surface area contributed by atoms with E-state index in [1.54, 1.807) is 11.3 Å². The molecule has 0 radical (unpaired) electrons. The molecule has 0 saturated carbocycles. The summed E-state index contributed by atoms with van der Waals surface area (Å²) in [5.41, 5.74) is 7.04. The molecule has 0 aromatic carbocycles. The van der Waals surface area contributed by atoms with Crippen molar-refractivity contribution in [3.8, 4) is 0 Å². The van der Waals surface area contributed by atoms with Crippen LogP contribution < -0.4 is 5.73 Å². The minimum atomic E-state index is 0.0651. The van der Waals surface area contributed by atoms with E-state index in [-0.39, 0.29) is 6.04 Å². The highest BCUT2D eigenvalue weighted by Gasteiger charge is 2.18. The summed E-state index contributed by atoms with van der Waals surface area (Å²) in [4.78, 5) is 7.18. The molecule has 2 unspecified atom stereocenters. The Morgan fingerprint density at radius 3 is 3.06 bits per heavy atom. The monoisotopic (exact) mass is 253 g/mol. The average Bonchev–Trinajstić information content (AvgIpc) is 2.66. The number of nitrogens with zero attached hydrogens (tertiary/aromatic N) is 2. The first-order valence-electron chi connectivity index (χ1n) is 6.60. The summed E-state index contributed by atoms with van der Waals surface area (Å²) < 4.78 is 0. The maximum absolute atomic E-state index is 5.85. The molecule has 2 N–H and O–H groups in total. The van der Waals surface area contributed by atoms with Crippen molar-refractivity contribution in [3.63, 3.8) is 0 Å². The summed E-state index contributed by atoms with van der Waals surface area (Å²) in [6.07, 6.45) is 5.40. The average molecular weight is 253 g/mol. The fraction of sp³-hybridized carbons (Fsp3) is 0.769. The quantitative estimate of drug-likeness (QED) is 0.900. The molecule has 96 valence electrons. The van der Waals surface area contributed by atoms with E-state index < -0.39 is 0 Å². The molecule has 3 nitrogen and oxygen atoms in total. The summed E-state index contributed by atoms with van der Waals surface area (Å²) in [5.74, 6) is 0. The van der Waals surface area contributed by atoms with Crippen molar-refractivity contribution in [2.24, 2.45) is 5.73 Å². The van der Waals surface area contributed by atoms with Crippen molar-refractivity contribution < 1.29 is 0 Å². The van der Waals surface area contributed by atoms with E-state index >= 15 is 0 Å². The molecule has 0 aliphatic carbocycles. The first kappa shape index (κ1) is 13.0. The summed E-state index contributed by atoms with van der Waals surface area (Å²) in [7, 11) is 0. The molecule has 0 spiro atoms. The molecule has 2 heterocycles. The van der Waals surface area contributed by atoms with Crippen molar-refractivity contribution in [2.45, 2.75) is 58.2 Å². The predicted molar refractivity (Wildman–Crippen MR) is 73.1 cm³/mol. The van der Waals surface area contributed by atoms with Crippen LogP contribution in [0.3, 0.4) is 0 Å². The van der Waals surface area contributed by atoms with Crippen LogP contribution in [0.5, 0.6) is 0 Å². The van der Waals surface area contributed by atoms with Crippen LogP contribution >= 0.6 is 11.3 Å². The molecule has 1 aromatic rings. The summed E-state index contributed by atoms with van der Waals surface area (Å²) in [6, 6.07) is 0.758. The second-order valence-corrected chi connectivity index (χ2v) is 6.02. The van der Waals surface area contributed by atoms with Gasteiger partial charge in [0.1, 0.15) is 5.01 Å². The van der Waals surface area contributed by atoms with Crippen LogP contribution in [0.4, 0.5) is 0 Å².